The first-order valence-corrected chi connectivity index (χ1v) is 3.47. The summed E-state index contributed by atoms with van der Waals surface area (Å²) < 4.78 is 5.51. The second kappa shape index (κ2) is 1.63. The Morgan fingerprint density at radius 1 is 1.70 bits per heavy atom. The van der Waals surface area contributed by atoms with Gasteiger partial charge >= 0.3 is 0 Å². The number of aromatic nitrogens is 2. The lowest BCUT2D eigenvalue weighted by Gasteiger charge is -1.82. The average molecular weight is 155 g/mol. The fourth-order valence-corrected chi connectivity index (χ4v) is 1.50. The minimum absolute atomic E-state index is 0.223. The Hall–Kier alpha value is -1.23. The van der Waals surface area contributed by atoms with Crippen LogP contribution in [0.25, 0.3) is 4.83 Å². The van der Waals surface area contributed by atoms with Gasteiger partial charge in [-0.15, -0.1) is 0 Å². The molecule has 52 valence electrons. The quantitative estimate of drug-likeness (QED) is 0.588. The van der Waals surface area contributed by atoms with E-state index in [0.29, 0.717) is 5.95 Å². The van der Waals surface area contributed by atoms with Crippen molar-refractivity contribution in [3.63, 3.8) is 0 Å². The molecule has 0 aromatic carbocycles. The minimum Gasteiger partial charge on any atom is -0.506 e. The molecule has 0 saturated heterocycles. The van der Waals surface area contributed by atoms with Crippen LogP contribution >= 0.6 is 11.5 Å². The molecule has 0 fully saturated rings. The number of hydrogen-bond donors (Lipinski definition) is 2. The van der Waals surface area contributed by atoms with Crippen molar-refractivity contribution in [3.05, 3.63) is 12.3 Å². The summed E-state index contributed by atoms with van der Waals surface area (Å²) in [4.78, 5) is 0.856. The van der Waals surface area contributed by atoms with E-state index in [4.69, 9.17) is 10.8 Å². The van der Waals surface area contributed by atoms with Gasteiger partial charge in [-0.2, -0.15) is 4.37 Å². The molecule has 2 aromatic rings. The first kappa shape index (κ1) is 5.55. The maximum absolute atomic E-state index is 8.97. The van der Waals surface area contributed by atoms with Crippen LogP contribution in [0.4, 0.5) is 5.95 Å². The highest BCUT2D eigenvalue weighted by Gasteiger charge is 2.02. The van der Waals surface area contributed by atoms with Crippen molar-refractivity contribution in [3.8, 4) is 5.75 Å². The topological polar surface area (TPSA) is 63.5 Å². The van der Waals surface area contributed by atoms with Crippen molar-refractivity contribution in [2.75, 3.05) is 5.73 Å². The number of aromatic hydroxyl groups is 1. The first-order chi connectivity index (χ1) is 4.77. The molecule has 0 atom stereocenters. The van der Waals surface area contributed by atoms with Crippen LogP contribution in [0.5, 0.6) is 5.75 Å². The molecule has 3 N–H and O–H groups in total. The molecule has 4 nitrogen and oxygen atoms in total. The standard InChI is InChI=1S/C5H5N3OS/c6-5-7-10-4-1-3(9)2-8(4)5/h1-2,9H,(H2,6,7). The Morgan fingerprint density at radius 2 is 2.50 bits per heavy atom. The van der Waals surface area contributed by atoms with Crippen molar-refractivity contribution < 1.29 is 5.11 Å². The molecule has 0 aliphatic heterocycles. The first-order valence-electron chi connectivity index (χ1n) is 2.69. The summed E-state index contributed by atoms with van der Waals surface area (Å²) in [5.41, 5.74) is 5.44. The van der Waals surface area contributed by atoms with Gasteiger partial charge in [-0.3, -0.25) is 4.40 Å². The van der Waals surface area contributed by atoms with Gasteiger partial charge in [-0.05, 0) is 11.5 Å². The average Bonchev–Trinajstić information content (AvgIpc) is 2.35. The highest BCUT2D eigenvalue weighted by molar-refractivity contribution is 7.11. The number of nitrogen functional groups attached to an aromatic ring is 1. The van der Waals surface area contributed by atoms with Gasteiger partial charge in [0.25, 0.3) is 0 Å². The Balaban J connectivity index is 2.90. The molecule has 0 radical (unpaired) electrons. The minimum atomic E-state index is 0.223. The summed E-state index contributed by atoms with van der Waals surface area (Å²) in [5.74, 6) is 0.639. The van der Waals surface area contributed by atoms with Crippen LogP contribution in [0, 0.1) is 0 Å². The number of anilines is 1. The van der Waals surface area contributed by atoms with Crippen molar-refractivity contribution in [2.45, 2.75) is 0 Å². The number of nitrogens with two attached hydrogens (primary N) is 1. The van der Waals surface area contributed by atoms with Crippen LogP contribution in [0.15, 0.2) is 12.3 Å². The van der Waals surface area contributed by atoms with Crippen LogP contribution in [0.1, 0.15) is 0 Å². The summed E-state index contributed by atoms with van der Waals surface area (Å²) in [6.07, 6.45) is 1.54. The van der Waals surface area contributed by atoms with Gasteiger partial charge in [0.05, 0.1) is 6.20 Å². The highest BCUT2D eigenvalue weighted by atomic mass is 32.1. The van der Waals surface area contributed by atoms with Crippen LogP contribution in [-0.4, -0.2) is 13.9 Å². The Labute approximate surface area is 60.7 Å². The molecule has 2 rings (SSSR count). The van der Waals surface area contributed by atoms with Gasteiger partial charge < -0.3 is 10.8 Å². The third-order valence-electron chi connectivity index (χ3n) is 1.25. The van der Waals surface area contributed by atoms with Crippen LogP contribution in [0.3, 0.4) is 0 Å². The largest absolute Gasteiger partial charge is 0.506 e. The van der Waals surface area contributed by atoms with Crippen LogP contribution in [0.2, 0.25) is 0 Å². The van der Waals surface area contributed by atoms with E-state index in [1.165, 1.54) is 17.7 Å². The number of rotatable bonds is 0. The van der Waals surface area contributed by atoms with E-state index in [-0.39, 0.29) is 5.75 Å². The van der Waals surface area contributed by atoms with Gasteiger partial charge in [0.2, 0.25) is 5.95 Å². The van der Waals surface area contributed by atoms with E-state index < -0.39 is 0 Å². The monoisotopic (exact) mass is 155 g/mol. The molecule has 0 bridgehead atoms. The van der Waals surface area contributed by atoms with Gasteiger partial charge in [-0.25, -0.2) is 0 Å². The highest BCUT2D eigenvalue weighted by Crippen LogP contribution is 2.21. The van der Waals surface area contributed by atoms with Gasteiger partial charge in [0, 0.05) is 6.07 Å². The molecular weight excluding hydrogens is 150 g/mol. The van der Waals surface area contributed by atoms with Gasteiger partial charge in [-0.1, -0.05) is 0 Å². The zero-order valence-electron chi connectivity index (χ0n) is 4.98. The maximum Gasteiger partial charge on any atom is 0.216 e. The third kappa shape index (κ3) is 0.577. The normalized spacial score (nSPS) is 10.8. The summed E-state index contributed by atoms with van der Waals surface area (Å²) in [6.45, 7) is 0. The molecule has 0 unspecified atom stereocenters. The number of fused-ring (bicyclic) bond motifs is 1. The second-order valence-corrected chi connectivity index (χ2v) is 2.73. The summed E-state index contributed by atoms with van der Waals surface area (Å²) in [7, 11) is 0. The van der Waals surface area contributed by atoms with E-state index in [2.05, 4.69) is 4.37 Å². The second-order valence-electron chi connectivity index (χ2n) is 1.95. The fraction of sp³-hybridized carbons (Fsp3) is 0. The van der Waals surface area contributed by atoms with Crippen LogP contribution < -0.4 is 5.73 Å². The predicted molar refractivity (Wildman–Crippen MR) is 39.1 cm³/mol. The SMILES string of the molecule is Nc1nsc2cc(O)cn12. The molecule has 0 amide bonds. The smallest absolute Gasteiger partial charge is 0.216 e. The van der Waals surface area contributed by atoms with Crippen molar-refractivity contribution in [2.24, 2.45) is 0 Å². The Morgan fingerprint density at radius 3 is 3.20 bits per heavy atom. The molecule has 0 aliphatic carbocycles. The third-order valence-corrected chi connectivity index (χ3v) is 2.03. The molecule has 0 aliphatic rings. The van der Waals surface area contributed by atoms with E-state index in [1.54, 1.807) is 10.5 Å². The van der Waals surface area contributed by atoms with Crippen molar-refractivity contribution >= 4 is 22.3 Å². The molecule has 0 spiro atoms. The van der Waals surface area contributed by atoms with E-state index in [9.17, 15) is 0 Å². The predicted octanol–water partition coefficient (Wildman–Crippen LogP) is 0.684. The van der Waals surface area contributed by atoms with Gasteiger partial charge in [0.1, 0.15) is 10.6 Å². The molecule has 2 aromatic heterocycles. The zero-order chi connectivity index (χ0) is 7.14. The van der Waals surface area contributed by atoms with Gasteiger partial charge in [0.15, 0.2) is 0 Å². The van der Waals surface area contributed by atoms with Crippen LogP contribution in [-0.2, 0) is 0 Å². The number of hydrogen-bond acceptors (Lipinski definition) is 4. The fourth-order valence-electron chi connectivity index (χ4n) is 0.816. The van der Waals surface area contributed by atoms with Crippen molar-refractivity contribution in [1.82, 2.24) is 8.77 Å². The summed E-state index contributed by atoms with van der Waals surface area (Å²) in [5, 5.41) is 8.97. The Kier molecular flexibility index (Phi) is 0.906. The maximum atomic E-state index is 8.97. The molecule has 2 heterocycles. The molecule has 5 heteroatoms. The lowest BCUT2D eigenvalue weighted by Crippen LogP contribution is -1.89. The van der Waals surface area contributed by atoms with E-state index in [1.807, 2.05) is 0 Å². The summed E-state index contributed by atoms with van der Waals surface area (Å²) in [6, 6.07) is 1.62. The van der Waals surface area contributed by atoms with E-state index in [0.717, 1.165) is 4.83 Å². The lowest BCUT2D eigenvalue weighted by atomic mass is 10.6. The van der Waals surface area contributed by atoms with E-state index >= 15 is 0 Å². The number of nitrogens with zero attached hydrogens (tertiary/aromatic N) is 2. The molecule has 10 heavy (non-hydrogen) atoms. The van der Waals surface area contributed by atoms with Crippen molar-refractivity contribution in [1.29, 1.82) is 0 Å². The zero-order valence-corrected chi connectivity index (χ0v) is 5.80. The molecular formula is C5H5N3OS. The summed E-state index contributed by atoms with van der Waals surface area (Å²) >= 11 is 1.26. The Bertz CT molecular complexity index is 364. The lowest BCUT2D eigenvalue weighted by molar-refractivity contribution is 0.476. The molecule has 0 saturated carbocycles.